The highest BCUT2D eigenvalue weighted by atomic mass is 16.6. The average molecular weight is 281 g/mol. The molecule has 0 aromatic heterocycles. The number of amides is 1. The number of carbonyl (C=O) groups excluding carboxylic acids is 1. The minimum Gasteiger partial charge on any atom is -0.444 e. The first-order chi connectivity index (χ1) is 9.17. The van der Waals surface area contributed by atoms with E-state index in [9.17, 15) is 9.90 Å². The first-order valence-corrected chi connectivity index (χ1v) is 7.86. The maximum absolute atomic E-state index is 11.8. The fraction of sp³-hybridized carbons (Fsp3) is 0.938. The Morgan fingerprint density at radius 2 is 1.85 bits per heavy atom. The summed E-state index contributed by atoms with van der Waals surface area (Å²) in [5.74, 6) is 1.31. The molecular weight excluding hydrogens is 254 g/mol. The zero-order chi connectivity index (χ0) is 14.6. The first-order valence-electron chi connectivity index (χ1n) is 7.86. The van der Waals surface area contributed by atoms with Crippen molar-refractivity contribution in [2.24, 2.45) is 17.3 Å². The fourth-order valence-electron chi connectivity index (χ4n) is 5.18. The number of carbonyl (C=O) groups is 1. The maximum Gasteiger partial charge on any atom is 0.407 e. The third-order valence-electron chi connectivity index (χ3n) is 5.16. The van der Waals surface area contributed by atoms with Gasteiger partial charge in [-0.25, -0.2) is 4.79 Å². The Morgan fingerprint density at radius 1 is 1.25 bits per heavy atom. The standard InChI is InChI=1S/C16H27NO3/c1-14(2,3)20-13(18)17-10-15-5-11-4-12(6-15)8-16(19,7-11)9-15/h11-12,19H,4-10H2,1-3H3,(H,17,18). The van der Waals surface area contributed by atoms with Gasteiger partial charge in [0, 0.05) is 6.54 Å². The summed E-state index contributed by atoms with van der Waals surface area (Å²) < 4.78 is 5.31. The number of hydrogen-bond acceptors (Lipinski definition) is 3. The Bertz CT molecular complexity index is 398. The molecule has 1 amide bonds. The van der Waals surface area contributed by atoms with Crippen LogP contribution in [-0.4, -0.2) is 28.9 Å². The number of aliphatic hydroxyl groups is 1. The molecule has 4 fully saturated rings. The normalized spacial score (nSPS) is 42.6. The molecule has 2 N–H and O–H groups in total. The van der Waals surface area contributed by atoms with E-state index in [1.54, 1.807) is 0 Å². The lowest BCUT2D eigenvalue weighted by Crippen LogP contribution is -2.58. The van der Waals surface area contributed by atoms with Crippen LogP contribution in [0.3, 0.4) is 0 Å². The molecule has 0 aromatic rings. The van der Waals surface area contributed by atoms with Crippen molar-refractivity contribution in [3.63, 3.8) is 0 Å². The molecule has 4 aliphatic carbocycles. The Hall–Kier alpha value is -0.770. The summed E-state index contributed by atoms with van der Waals surface area (Å²) in [5.41, 5.74) is -0.806. The third kappa shape index (κ3) is 2.80. The molecule has 4 bridgehead atoms. The van der Waals surface area contributed by atoms with Gasteiger partial charge >= 0.3 is 6.09 Å². The van der Waals surface area contributed by atoms with Crippen LogP contribution >= 0.6 is 0 Å². The lowest BCUT2D eigenvalue weighted by molar-refractivity contribution is -0.161. The third-order valence-corrected chi connectivity index (χ3v) is 5.16. The molecular formula is C16H27NO3. The van der Waals surface area contributed by atoms with Gasteiger partial charge in [0.05, 0.1) is 5.60 Å². The summed E-state index contributed by atoms with van der Waals surface area (Å²) in [6.45, 7) is 6.28. The van der Waals surface area contributed by atoms with Crippen molar-refractivity contribution in [2.45, 2.75) is 70.5 Å². The second-order valence-corrected chi connectivity index (χ2v) is 8.54. The van der Waals surface area contributed by atoms with Gasteiger partial charge in [-0.3, -0.25) is 0 Å². The van der Waals surface area contributed by atoms with Crippen molar-refractivity contribution >= 4 is 6.09 Å². The van der Waals surface area contributed by atoms with Crippen molar-refractivity contribution in [3.8, 4) is 0 Å². The molecule has 4 heteroatoms. The van der Waals surface area contributed by atoms with Crippen molar-refractivity contribution in [1.29, 1.82) is 0 Å². The van der Waals surface area contributed by atoms with Gasteiger partial charge in [-0.15, -0.1) is 0 Å². The SMILES string of the molecule is CC(C)(C)OC(=O)NCC12CC3CC(CC(O)(C3)C1)C2. The number of rotatable bonds is 2. The summed E-state index contributed by atoms with van der Waals surface area (Å²) in [6, 6.07) is 0. The van der Waals surface area contributed by atoms with Crippen LogP contribution in [0.15, 0.2) is 0 Å². The molecule has 2 atom stereocenters. The Labute approximate surface area is 121 Å². The molecule has 0 radical (unpaired) electrons. The molecule has 0 spiro atoms. The molecule has 4 saturated carbocycles. The van der Waals surface area contributed by atoms with Gasteiger partial charge in [-0.05, 0) is 76.5 Å². The van der Waals surface area contributed by atoms with E-state index in [2.05, 4.69) is 5.32 Å². The summed E-state index contributed by atoms with van der Waals surface area (Å²) in [5, 5.41) is 13.6. The molecule has 114 valence electrons. The Balaban J connectivity index is 1.61. The lowest BCUT2D eigenvalue weighted by Gasteiger charge is -2.60. The molecule has 0 aromatic carbocycles. The highest BCUT2D eigenvalue weighted by Crippen LogP contribution is 2.61. The largest absolute Gasteiger partial charge is 0.444 e. The van der Waals surface area contributed by atoms with Crippen LogP contribution in [-0.2, 0) is 4.74 Å². The van der Waals surface area contributed by atoms with E-state index in [1.165, 1.54) is 6.42 Å². The number of alkyl carbamates (subject to hydrolysis) is 1. The lowest BCUT2D eigenvalue weighted by atomic mass is 9.48. The second-order valence-electron chi connectivity index (χ2n) is 8.54. The predicted octanol–water partition coefficient (Wildman–Crippen LogP) is 2.84. The summed E-state index contributed by atoms with van der Waals surface area (Å²) in [6.07, 6.45) is 6.04. The van der Waals surface area contributed by atoms with Crippen LogP contribution in [0.4, 0.5) is 4.79 Å². The van der Waals surface area contributed by atoms with Crippen LogP contribution < -0.4 is 5.32 Å². The van der Waals surface area contributed by atoms with Gasteiger partial charge in [0.2, 0.25) is 0 Å². The van der Waals surface area contributed by atoms with Gasteiger partial charge in [-0.1, -0.05) is 0 Å². The quantitative estimate of drug-likeness (QED) is 0.818. The van der Waals surface area contributed by atoms with Gasteiger partial charge in [0.1, 0.15) is 5.60 Å². The number of ether oxygens (including phenoxy) is 1. The molecule has 4 rings (SSSR count). The molecule has 4 aliphatic rings. The van der Waals surface area contributed by atoms with E-state index in [1.807, 2.05) is 20.8 Å². The van der Waals surface area contributed by atoms with Crippen molar-refractivity contribution < 1.29 is 14.6 Å². The van der Waals surface area contributed by atoms with E-state index in [-0.39, 0.29) is 11.5 Å². The van der Waals surface area contributed by atoms with Gasteiger partial charge in [0.15, 0.2) is 0 Å². The van der Waals surface area contributed by atoms with E-state index >= 15 is 0 Å². The molecule has 0 aliphatic heterocycles. The number of nitrogens with one attached hydrogen (secondary N) is 1. The average Bonchev–Trinajstić information content (AvgIpc) is 2.20. The highest BCUT2D eigenvalue weighted by Gasteiger charge is 2.57. The van der Waals surface area contributed by atoms with Crippen LogP contribution in [0, 0.1) is 17.3 Å². The molecule has 2 unspecified atom stereocenters. The highest BCUT2D eigenvalue weighted by molar-refractivity contribution is 5.67. The molecule has 0 heterocycles. The van der Waals surface area contributed by atoms with E-state index < -0.39 is 11.2 Å². The van der Waals surface area contributed by atoms with Crippen LogP contribution in [0.2, 0.25) is 0 Å². The van der Waals surface area contributed by atoms with Gasteiger partial charge in [-0.2, -0.15) is 0 Å². The van der Waals surface area contributed by atoms with Crippen molar-refractivity contribution in [1.82, 2.24) is 5.32 Å². The molecule has 0 saturated heterocycles. The minimum atomic E-state index is -0.459. The summed E-state index contributed by atoms with van der Waals surface area (Å²) >= 11 is 0. The van der Waals surface area contributed by atoms with Gasteiger partial charge in [0.25, 0.3) is 0 Å². The van der Waals surface area contributed by atoms with Crippen molar-refractivity contribution in [3.05, 3.63) is 0 Å². The second kappa shape index (κ2) is 4.36. The fourth-order valence-corrected chi connectivity index (χ4v) is 5.18. The van der Waals surface area contributed by atoms with Gasteiger partial charge < -0.3 is 15.2 Å². The van der Waals surface area contributed by atoms with Crippen molar-refractivity contribution in [2.75, 3.05) is 6.54 Å². The zero-order valence-electron chi connectivity index (χ0n) is 12.9. The van der Waals surface area contributed by atoms with Crippen LogP contribution in [0.5, 0.6) is 0 Å². The minimum absolute atomic E-state index is 0.107. The van der Waals surface area contributed by atoms with E-state index in [0.29, 0.717) is 18.4 Å². The summed E-state index contributed by atoms with van der Waals surface area (Å²) in [7, 11) is 0. The Morgan fingerprint density at radius 3 is 2.35 bits per heavy atom. The van der Waals surface area contributed by atoms with E-state index in [0.717, 1.165) is 32.1 Å². The number of hydrogen-bond donors (Lipinski definition) is 2. The van der Waals surface area contributed by atoms with Crippen LogP contribution in [0.1, 0.15) is 59.3 Å². The predicted molar refractivity (Wildman–Crippen MR) is 76.3 cm³/mol. The zero-order valence-corrected chi connectivity index (χ0v) is 12.9. The van der Waals surface area contributed by atoms with Crippen LogP contribution in [0.25, 0.3) is 0 Å². The molecule has 4 nitrogen and oxygen atoms in total. The topological polar surface area (TPSA) is 58.6 Å². The monoisotopic (exact) mass is 281 g/mol. The Kier molecular flexibility index (Phi) is 3.09. The first kappa shape index (κ1) is 14.2. The summed E-state index contributed by atoms with van der Waals surface area (Å²) in [4.78, 5) is 11.8. The van der Waals surface area contributed by atoms with E-state index in [4.69, 9.17) is 4.74 Å². The molecule has 20 heavy (non-hydrogen) atoms. The maximum atomic E-state index is 11.8. The smallest absolute Gasteiger partial charge is 0.407 e.